The topological polar surface area (TPSA) is 24.9 Å². The van der Waals surface area contributed by atoms with E-state index >= 15 is 0 Å². The molecule has 0 bridgehead atoms. The van der Waals surface area contributed by atoms with Gasteiger partial charge in [-0.3, -0.25) is 9.80 Å². The lowest BCUT2D eigenvalue weighted by Crippen LogP contribution is -2.37. The van der Waals surface area contributed by atoms with E-state index < -0.39 is 8.56 Å². The number of hydrogen-bond acceptors (Lipinski definition) is 4. The molecule has 0 radical (unpaired) electrons. The van der Waals surface area contributed by atoms with Crippen molar-refractivity contribution < 1.29 is 8.85 Å². The normalized spacial score (nSPS) is 20.0. The van der Waals surface area contributed by atoms with E-state index in [1.54, 1.807) is 14.2 Å². The first-order valence-corrected chi connectivity index (χ1v) is 8.13. The highest BCUT2D eigenvalue weighted by molar-refractivity contribution is 6.65. The lowest BCUT2D eigenvalue weighted by atomic mass is 10.4. The number of rotatable bonds is 6. The summed E-state index contributed by atoms with van der Waals surface area (Å²) in [4.78, 5) is 4.84. The van der Waals surface area contributed by atoms with E-state index in [2.05, 4.69) is 23.4 Å². The Kier molecular flexibility index (Phi) is 5.21. The SMILES string of the molecule is CO[Si](C)(CCCN1CCN(C)C1)OC. The van der Waals surface area contributed by atoms with Gasteiger partial charge in [-0.2, -0.15) is 0 Å². The van der Waals surface area contributed by atoms with Gasteiger partial charge in [0.25, 0.3) is 0 Å². The second-order valence-electron chi connectivity index (χ2n) is 4.48. The van der Waals surface area contributed by atoms with Gasteiger partial charge in [-0.15, -0.1) is 0 Å². The molecule has 0 saturated carbocycles. The molecule has 0 aliphatic carbocycles. The minimum atomic E-state index is -1.83. The van der Waals surface area contributed by atoms with E-state index in [0.717, 1.165) is 12.7 Å². The summed E-state index contributed by atoms with van der Waals surface area (Å²) in [7, 11) is 3.87. The van der Waals surface area contributed by atoms with E-state index in [9.17, 15) is 0 Å². The van der Waals surface area contributed by atoms with Crippen LogP contribution < -0.4 is 0 Å². The van der Waals surface area contributed by atoms with E-state index in [1.807, 2.05) is 0 Å². The molecule has 0 atom stereocenters. The highest BCUT2D eigenvalue weighted by Crippen LogP contribution is 2.14. The third-order valence-corrected chi connectivity index (χ3v) is 6.20. The quantitative estimate of drug-likeness (QED) is 0.637. The van der Waals surface area contributed by atoms with Gasteiger partial charge in [0.2, 0.25) is 0 Å². The zero-order valence-corrected chi connectivity index (χ0v) is 11.5. The summed E-state index contributed by atoms with van der Waals surface area (Å²) < 4.78 is 10.9. The van der Waals surface area contributed by atoms with Gasteiger partial charge >= 0.3 is 8.56 Å². The maximum absolute atomic E-state index is 5.46. The molecule has 15 heavy (non-hydrogen) atoms. The lowest BCUT2D eigenvalue weighted by molar-refractivity contribution is 0.239. The predicted octanol–water partition coefficient (Wildman–Crippen LogP) is 0.946. The standard InChI is InChI=1S/C10H24N2O2Si/c1-11-7-8-12(10-11)6-5-9-15(4,13-2)14-3/h5-10H2,1-4H3. The van der Waals surface area contributed by atoms with Crippen molar-refractivity contribution in [2.24, 2.45) is 0 Å². The Balaban J connectivity index is 2.15. The first kappa shape index (κ1) is 13.1. The summed E-state index contributed by atoms with van der Waals surface area (Å²) in [5.41, 5.74) is 0. The van der Waals surface area contributed by atoms with Crippen LogP contribution in [0.2, 0.25) is 12.6 Å². The molecule has 4 nitrogen and oxygen atoms in total. The maximum atomic E-state index is 5.46. The molecule has 90 valence electrons. The van der Waals surface area contributed by atoms with Crippen molar-refractivity contribution in [3.05, 3.63) is 0 Å². The second kappa shape index (κ2) is 5.96. The molecule has 0 aromatic rings. The van der Waals surface area contributed by atoms with Crippen molar-refractivity contribution >= 4 is 8.56 Å². The van der Waals surface area contributed by atoms with E-state index in [0.29, 0.717) is 0 Å². The molecular formula is C10H24N2O2Si. The average Bonchev–Trinajstić information content (AvgIpc) is 2.64. The van der Waals surface area contributed by atoms with Crippen LogP contribution in [-0.2, 0) is 8.85 Å². The summed E-state index contributed by atoms with van der Waals surface area (Å²) >= 11 is 0. The molecule has 1 saturated heterocycles. The van der Waals surface area contributed by atoms with Crippen LogP contribution >= 0.6 is 0 Å². The Morgan fingerprint density at radius 3 is 2.33 bits per heavy atom. The van der Waals surface area contributed by atoms with Crippen molar-refractivity contribution in [1.29, 1.82) is 0 Å². The van der Waals surface area contributed by atoms with Gasteiger partial charge in [0.15, 0.2) is 0 Å². The summed E-state index contributed by atoms with van der Waals surface area (Å²) in [5, 5.41) is 0. The first-order valence-electron chi connectivity index (χ1n) is 5.61. The van der Waals surface area contributed by atoms with Crippen LogP contribution in [0.1, 0.15) is 6.42 Å². The number of hydrogen-bond donors (Lipinski definition) is 0. The highest BCUT2D eigenvalue weighted by atomic mass is 28.4. The average molecular weight is 232 g/mol. The third kappa shape index (κ3) is 4.20. The zero-order chi connectivity index (χ0) is 11.3. The molecule has 0 aromatic carbocycles. The molecule has 5 heteroatoms. The smallest absolute Gasteiger partial charge is 0.334 e. The van der Waals surface area contributed by atoms with Crippen LogP contribution in [0.15, 0.2) is 0 Å². The van der Waals surface area contributed by atoms with Crippen LogP contribution in [0, 0.1) is 0 Å². The van der Waals surface area contributed by atoms with E-state index in [4.69, 9.17) is 8.85 Å². The fourth-order valence-corrected chi connectivity index (χ4v) is 3.26. The molecule has 0 unspecified atom stereocenters. The molecule has 1 aliphatic rings. The minimum absolute atomic E-state index is 1.08. The summed E-state index contributed by atoms with van der Waals surface area (Å²) in [5.74, 6) is 0. The van der Waals surface area contributed by atoms with Gasteiger partial charge in [-0.05, 0) is 32.6 Å². The fraction of sp³-hybridized carbons (Fsp3) is 1.00. The van der Waals surface area contributed by atoms with Gasteiger partial charge in [-0.1, -0.05) is 0 Å². The van der Waals surface area contributed by atoms with Gasteiger partial charge < -0.3 is 8.85 Å². The van der Waals surface area contributed by atoms with Gasteiger partial charge in [0, 0.05) is 27.3 Å². The Morgan fingerprint density at radius 1 is 1.20 bits per heavy atom. The van der Waals surface area contributed by atoms with Crippen LogP contribution in [0.5, 0.6) is 0 Å². The number of nitrogens with zero attached hydrogens (tertiary/aromatic N) is 2. The van der Waals surface area contributed by atoms with Crippen LogP contribution in [0.4, 0.5) is 0 Å². The fourth-order valence-electron chi connectivity index (χ4n) is 1.89. The zero-order valence-electron chi connectivity index (χ0n) is 10.5. The van der Waals surface area contributed by atoms with Gasteiger partial charge in [-0.25, -0.2) is 0 Å². The molecule has 1 aliphatic heterocycles. The Morgan fingerprint density at radius 2 is 1.87 bits per heavy atom. The molecule has 0 spiro atoms. The largest absolute Gasteiger partial charge is 0.398 e. The van der Waals surface area contributed by atoms with Crippen LogP contribution in [0.3, 0.4) is 0 Å². The molecule has 1 fully saturated rings. The van der Waals surface area contributed by atoms with E-state index in [-0.39, 0.29) is 0 Å². The van der Waals surface area contributed by atoms with Crippen molar-refractivity contribution in [3.63, 3.8) is 0 Å². The van der Waals surface area contributed by atoms with Gasteiger partial charge in [0.05, 0.1) is 6.67 Å². The summed E-state index contributed by atoms with van der Waals surface area (Å²) in [6, 6.07) is 1.08. The molecule has 1 heterocycles. The monoisotopic (exact) mass is 232 g/mol. The second-order valence-corrected chi connectivity index (χ2v) is 8.07. The molecular weight excluding hydrogens is 208 g/mol. The molecule has 0 aromatic heterocycles. The number of likely N-dealkylation sites (N-methyl/N-ethyl adjacent to an activating group) is 1. The van der Waals surface area contributed by atoms with Crippen molar-refractivity contribution in [3.8, 4) is 0 Å². The van der Waals surface area contributed by atoms with Crippen LogP contribution in [-0.4, -0.2) is 65.9 Å². The first-order chi connectivity index (χ1) is 7.09. The molecule has 0 amide bonds. The minimum Gasteiger partial charge on any atom is -0.398 e. The van der Waals surface area contributed by atoms with E-state index in [1.165, 1.54) is 26.1 Å². The third-order valence-electron chi connectivity index (χ3n) is 3.21. The van der Waals surface area contributed by atoms with Crippen molar-refractivity contribution in [2.75, 3.05) is 47.6 Å². The Labute approximate surface area is 94.4 Å². The highest BCUT2D eigenvalue weighted by Gasteiger charge is 2.28. The van der Waals surface area contributed by atoms with Crippen molar-refractivity contribution in [2.45, 2.75) is 19.0 Å². The molecule has 1 rings (SSSR count). The maximum Gasteiger partial charge on any atom is 0.334 e. The Bertz CT molecular complexity index is 188. The van der Waals surface area contributed by atoms with Crippen LogP contribution in [0.25, 0.3) is 0 Å². The summed E-state index contributed by atoms with van der Waals surface area (Å²) in [6.07, 6.45) is 1.18. The summed E-state index contributed by atoms with van der Waals surface area (Å²) in [6.45, 7) is 6.80. The molecule has 0 N–H and O–H groups in total. The van der Waals surface area contributed by atoms with Crippen molar-refractivity contribution in [1.82, 2.24) is 9.80 Å². The lowest BCUT2D eigenvalue weighted by Gasteiger charge is -2.24. The van der Waals surface area contributed by atoms with Gasteiger partial charge in [0.1, 0.15) is 0 Å². The predicted molar refractivity (Wildman–Crippen MR) is 64.1 cm³/mol. The Hall–Kier alpha value is 0.0569.